The number of aliphatic hydroxyl groups is 1. The van der Waals surface area contributed by atoms with Gasteiger partial charge in [-0.2, -0.15) is 0 Å². The van der Waals surface area contributed by atoms with Crippen LogP contribution in [-0.4, -0.2) is 28.6 Å². The maximum absolute atomic E-state index is 12.0. The minimum Gasteiger partial charge on any atom is -0.391 e. The highest BCUT2D eigenvalue weighted by Crippen LogP contribution is 2.21. The summed E-state index contributed by atoms with van der Waals surface area (Å²) in [6.45, 7) is 3.67. The molecule has 104 valence electrons. The van der Waals surface area contributed by atoms with E-state index in [0.717, 1.165) is 6.42 Å². The summed E-state index contributed by atoms with van der Waals surface area (Å²) in [5.41, 5.74) is 0.371. The van der Waals surface area contributed by atoms with Crippen LogP contribution >= 0.6 is 0 Å². The number of aliphatic hydroxyl groups excluding tert-OH is 1. The number of carbonyl (C=O) groups excluding carboxylic acids is 1. The van der Waals surface area contributed by atoms with Crippen molar-refractivity contribution < 1.29 is 14.8 Å². The van der Waals surface area contributed by atoms with Crippen molar-refractivity contribution in [3.63, 3.8) is 0 Å². The number of benzene rings is 1. The first-order valence-electron chi connectivity index (χ1n) is 6.17. The predicted molar refractivity (Wildman–Crippen MR) is 71.1 cm³/mol. The summed E-state index contributed by atoms with van der Waals surface area (Å²) in [6, 6.07) is 4.48. The topological polar surface area (TPSA) is 92.5 Å². The standard InChI is InChI=1S/C13H18N2O4/c1-3-5-10(16)8-14-13(17)12-9(2)6-4-7-11(12)15(18)19/h4,6-7,10,16H,3,5,8H2,1-2H3,(H,14,17). The second-order valence-electron chi connectivity index (χ2n) is 4.38. The van der Waals surface area contributed by atoms with Gasteiger partial charge in [0.1, 0.15) is 5.56 Å². The molecule has 1 amide bonds. The lowest BCUT2D eigenvalue weighted by Crippen LogP contribution is -2.32. The van der Waals surface area contributed by atoms with E-state index in [0.29, 0.717) is 12.0 Å². The Bertz CT molecular complexity index is 474. The average molecular weight is 266 g/mol. The molecule has 6 heteroatoms. The van der Waals surface area contributed by atoms with Gasteiger partial charge in [0.2, 0.25) is 0 Å². The smallest absolute Gasteiger partial charge is 0.282 e. The van der Waals surface area contributed by atoms with Gasteiger partial charge in [-0.15, -0.1) is 0 Å². The van der Waals surface area contributed by atoms with Gasteiger partial charge in [0.15, 0.2) is 0 Å². The molecule has 1 aromatic rings. The number of nitrogens with zero attached hydrogens (tertiary/aromatic N) is 1. The van der Waals surface area contributed by atoms with Crippen LogP contribution in [0, 0.1) is 17.0 Å². The van der Waals surface area contributed by atoms with E-state index in [2.05, 4.69) is 5.32 Å². The highest BCUT2D eigenvalue weighted by atomic mass is 16.6. The Hall–Kier alpha value is -1.95. The van der Waals surface area contributed by atoms with Crippen LogP contribution in [0.2, 0.25) is 0 Å². The second kappa shape index (κ2) is 6.84. The van der Waals surface area contributed by atoms with E-state index in [1.54, 1.807) is 13.0 Å². The summed E-state index contributed by atoms with van der Waals surface area (Å²) in [7, 11) is 0. The van der Waals surface area contributed by atoms with Gasteiger partial charge in [-0.3, -0.25) is 14.9 Å². The van der Waals surface area contributed by atoms with E-state index in [1.807, 2.05) is 6.92 Å². The quantitative estimate of drug-likeness (QED) is 0.606. The number of hydrogen-bond acceptors (Lipinski definition) is 4. The lowest BCUT2D eigenvalue weighted by molar-refractivity contribution is -0.385. The number of hydrogen-bond donors (Lipinski definition) is 2. The largest absolute Gasteiger partial charge is 0.391 e. The van der Waals surface area contributed by atoms with E-state index in [9.17, 15) is 20.0 Å². The zero-order valence-corrected chi connectivity index (χ0v) is 11.0. The normalized spacial score (nSPS) is 11.9. The highest BCUT2D eigenvalue weighted by molar-refractivity contribution is 5.99. The van der Waals surface area contributed by atoms with Crippen LogP contribution in [-0.2, 0) is 0 Å². The molecule has 19 heavy (non-hydrogen) atoms. The van der Waals surface area contributed by atoms with Crippen molar-refractivity contribution in [3.05, 3.63) is 39.4 Å². The lowest BCUT2D eigenvalue weighted by Gasteiger charge is -2.12. The van der Waals surface area contributed by atoms with Crippen molar-refractivity contribution in [2.24, 2.45) is 0 Å². The third kappa shape index (κ3) is 4.03. The van der Waals surface area contributed by atoms with E-state index >= 15 is 0 Å². The number of carbonyl (C=O) groups is 1. The van der Waals surface area contributed by atoms with E-state index in [4.69, 9.17) is 0 Å². The lowest BCUT2D eigenvalue weighted by atomic mass is 10.1. The average Bonchev–Trinajstić information content (AvgIpc) is 2.36. The van der Waals surface area contributed by atoms with Crippen LogP contribution in [0.5, 0.6) is 0 Å². The summed E-state index contributed by atoms with van der Waals surface area (Å²) in [5, 5.41) is 23.0. The van der Waals surface area contributed by atoms with Gasteiger partial charge >= 0.3 is 0 Å². The molecule has 1 atom stereocenters. The van der Waals surface area contributed by atoms with Gasteiger partial charge in [-0.25, -0.2) is 0 Å². The van der Waals surface area contributed by atoms with E-state index in [-0.39, 0.29) is 17.8 Å². The van der Waals surface area contributed by atoms with Crippen LogP contribution in [0.1, 0.15) is 35.7 Å². The Kier molecular flexibility index (Phi) is 5.44. The summed E-state index contributed by atoms with van der Waals surface area (Å²) >= 11 is 0. The van der Waals surface area contributed by atoms with Crippen molar-refractivity contribution in [1.82, 2.24) is 5.32 Å². The van der Waals surface area contributed by atoms with Gasteiger partial charge in [0.05, 0.1) is 11.0 Å². The molecular weight excluding hydrogens is 248 g/mol. The molecule has 6 nitrogen and oxygen atoms in total. The molecule has 1 rings (SSSR count). The number of amides is 1. The molecule has 2 N–H and O–H groups in total. The van der Waals surface area contributed by atoms with Crippen molar-refractivity contribution >= 4 is 11.6 Å². The van der Waals surface area contributed by atoms with Crippen molar-refractivity contribution in [2.45, 2.75) is 32.8 Å². The molecule has 0 bridgehead atoms. The molecule has 0 aliphatic heterocycles. The van der Waals surface area contributed by atoms with Crippen LogP contribution < -0.4 is 5.32 Å². The zero-order chi connectivity index (χ0) is 14.4. The third-order valence-electron chi connectivity index (χ3n) is 2.79. The molecule has 1 unspecified atom stereocenters. The fourth-order valence-electron chi connectivity index (χ4n) is 1.83. The first-order chi connectivity index (χ1) is 8.97. The number of nitro benzene ring substituents is 1. The van der Waals surface area contributed by atoms with Gasteiger partial charge < -0.3 is 10.4 Å². The summed E-state index contributed by atoms with van der Waals surface area (Å²) in [5.74, 6) is -0.528. The Morgan fingerprint density at radius 3 is 2.79 bits per heavy atom. The fourth-order valence-corrected chi connectivity index (χ4v) is 1.83. The van der Waals surface area contributed by atoms with Gasteiger partial charge in [-0.1, -0.05) is 25.5 Å². The van der Waals surface area contributed by atoms with Crippen LogP contribution in [0.15, 0.2) is 18.2 Å². The summed E-state index contributed by atoms with van der Waals surface area (Å²) in [4.78, 5) is 22.3. The number of aryl methyl sites for hydroxylation is 1. The molecule has 0 spiro atoms. The molecule has 0 saturated heterocycles. The molecule has 0 aromatic heterocycles. The van der Waals surface area contributed by atoms with Crippen molar-refractivity contribution in [2.75, 3.05) is 6.54 Å². The van der Waals surface area contributed by atoms with Gasteiger partial charge in [0, 0.05) is 12.6 Å². The first-order valence-corrected chi connectivity index (χ1v) is 6.17. The van der Waals surface area contributed by atoms with Crippen molar-refractivity contribution in [1.29, 1.82) is 0 Å². The number of nitro groups is 1. The van der Waals surface area contributed by atoms with Gasteiger partial charge in [0.25, 0.3) is 11.6 Å². The van der Waals surface area contributed by atoms with Crippen molar-refractivity contribution in [3.8, 4) is 0 Å². The molecule has 0 fully saturated rings. The van der Waals surface area contributed by atoms with Crippen LogP contribution in [0.25, 0.3) is 0 Å². The maximum atomic E-state index is 12.0. The predicted octanol–water partition coefficient (Wildman–Crippen LogP) is 1.79. The Morgan fingerprint density at radius 1 is 1.53 bits per heavy atom. The number of rotatable bonds is 6. The first kappa shape index (κ1) is 15.1. The Labute approximate surface area is 111 Å². The number of nitrogens with one attached hydrogen (secondary N) is 1. The molecule has 1 aromatic carbocycles. The monoisotopic (exact) mass is 266 g/mol. The van der Waals surface area contributed by atoms with Crippen LogP contribution in [0.4, 0.5) is 5.69 Å². The van der Waals surface area contributed by atoms with E-state index < -0.39 is 16.9 Å². The Morgan fingerprint density at radius 2 is 2.21 bits per heavy atom. The zero-order valence-electron chi connectivity index (χ0n) is 11.0. The molecule has 0 heterocycles. The second-order valence-corrected chi connectivity index (χ2v) is 4.38. The minimum atomic E-state index is -0.628. The molecule has 0 aliphatic rings. The minimum absolute atomic E-state index is 0.0520. The van der Waals surface area contributed by atoms with Gasteiger partial charge in [-0.05, 0) is 18.9 Å². The highest BCUT2D eigenvalue weighted by Gasteiger charge is 2.22. The molecular formula is C13H18N2O4. The Balaban J connectivity index is 2.85. The molecule has 0 saturated carbocycles. The van der Waals surface area contributed by atoms with E-state index in [1.165, 1.54) is 12.1 Å². The fraction of sp³-hybridized carbons (Fsp3) is 0.462. The van der Waals surface area contributed by atoms with Crippen LogP contribution in [0.3, 0.4) is 0 Å². The molecule has 0 radical (unpaired) electrons. The SMILES string of the molecule is CCCC(O)CNC(=O)c1c(C)cccc1[N+](=O)[O-]. The molecule has 0 aliphatic carbocycles. The summed E-state index contributed by atoms with van der Waals surface area (Å²) < 4.78 is 0. The summed E-state index contributed by atoms with van der Waals surface area (Å²) in [6.07, 6.45) is 0.759. The maximum Gasteiger partial charge on any atom is 0.282 e. The third-order valence-corrected chi connectivity index (χ3v) is 2.79.